The van der Waals surface area contributed by atoms with Crippen molar-refractivity contribution in [3.05, 3.63) is 59.9 Å². The lowest BCUT2D eigenvalue weighted by atomic mass is 10.1. The predicted molar refractivity (Wildman–Crippen MR) is 104 cm³/mol. The van der Waals surface area contributed by atoms with Crippen molar-refractivity contribution in [2.75, 3.05) is 24.7 Å². The van der Waals surface area contributed by atoms with Crippen molar-refractivity contribution in [3.8, 4) is 11.3 Å². The van der Waals surface area contributed by atoms with Crippen LogP contribution >= 0.6 is 0 Å². The number of esters is 2. The van der Waals surface area contributed by atoms with Crippen LogP contribution in [-0.2, 0) is 19.1 Å². The van der Waals surface area contributed by atoms with E-state index in [2.05, 4.69) is 4.98 Å². The van der Waals surface area contributed by atoms with Gasteiger partial charge in [0.05, 0.1) is 30.2 Å². The topological polar surface area (TPSA) is 68.7 Å². The van der Waals surface area contributed by atoms with Crippen LogP contribution in [-0.4, -0.2) is 36.7 Å². The minimum atomic E-state index is -0.892. The van der Waals surface area contributed by atoms with Crippen LogP contribution in [0.5, 0.6) is 0 Å². The second kappa shape index (κ2) is 10.3. The average Bonchev–Trinajstić information content (AvgIpc) is 2.71. The van der Waals surface area contributed by atoms with Gasteiger partial charge < -0.3 is 14.4 Å². The van der Waals surface area contributed by atoms with Crippen LogP contribution in [0, 0.1) is 11.6 Å². The Morgan fingerprint density at radius 2 is 1.69 bits per heavy atom. The summed E-state index contributed by atoms with van der Waals surface area (Å²) in [4.78, 5) is 29.7. The zero-order valence-corrected chi connectivity index (χ0v) is 16.4. The van der Waals surface area contributed by atoms with Crippen molar-refractivity contribution in [2.45, 2.75) is 20.8 Å². The Morgan fingerprint density at radius 1 is 1.03 bits per heavy atom. The summed E-state index contributed by atoms with van der Waals surface area (Å²) in [5, 5.41) is 0. The second-order valence-corrected chi connectivity index (χ2v) is 5.74. The largest absolute Gasteiger partial charge is 0.462 e. The molecule has 1 heterocycles. The molecule has 0 amide bonds. The molecule has 0 aliphatic heterocycles. The van der Waals surface area contributed by atoms with Crippen molar-refractivity contribution in [2.24, 2.45) is 0 Å². The molecule has 0 saturated heterocycles. The maximum Gasteiger partial charge on any atom is 0.347 e. The molecular formula is C21H22F2N2O4. The number of hydrogen-bond acceptors (Lipinski definition) is 6. The molecule has 29 heavy (non-hydrogen) atoms. The molecule has 154 valence electrons. The van der Waals surface area contributed by atoms with Gasteiger partial charge in [-0.25, -0.2) is 18.4 Å². The SMILES string of the molecule is CCOC(=O)C(=CN(CC)c1ccc(F)c(-c2ccccn2)c1F)C(=O)OCC. The molecule has 2 rings (SSSR count). The van der Waals surface area contributed by atoms with Crippen LogP contribution in [0.25, 0.3) is 11.3 Å². The standard InChI is InChI=1S/C21H22F2N2O4/c1-4-25(13-14(20(26)28-5-2)21(27)29-6-3)17-11-10-15(22)18(19(17)23)16-9-7-8-12-24-16/h7-13H,4-6H2,1-3H3. The first-order valence-electron chi connectivity index (χ1n) is 9.16. The highest BCUT2D eigenvalue weighted by molar-refractivity contribution is 6.14. The molecule has 0 spiro atoms. The number of anilines is 1. The molecule has 8 heteroatoms. The molecule has 0 bridgehead atoms. The van der Waals surface area contributed by atoms with Crippen LogP contribution in [0.3, 0.4) is 0 Å². The highest BCUT2D eigenvalue weighted by Gasteiger charge is 2.25. The molecule has 0 saturated carbocycles. The number of carbonyl (C=O) groups is 2. The number of halogens is 2. The van der Waals surface area contributed by atoms with Gasteiger partial charge in [-0.15, -0.1) is 0 Å². The van der Waals surface area contributed by atoms with E-state index >= 15 is 4.39 Å². The van der Waals surface area contributed by atoms with Crippen LogP contribution in [0.15, 0.2) is 48.3 Å². The van der Waals surface area contributed by atoms with Gasteiger partial charge in [0.15, 0.2) is 11.4 Å². The normalized spacial score (nSPS) is 10.2. The van der Waals surface area contributed by atoms with Crippen molar-refractivity contribution < 1.29 is 27.8 Å². The number of benzene rings is 1. The lowest BCUT2D eigenvalue weighted by Gasteiger charge is -2.22. The Hall–Kier alpha value is -3.29. The molecule has 1 aromatic heterocycles. The number of rotatable bonds is 8. The van der Waals surface area contributed by atoms with Crippen molar-refractivity contribution in [3.63, 3.8) is 0 Å². The van der Waals surface area contributed by atoms with Crippen LogP contribution < -0.4 is 4.90 Å². The third kappa shape index (κ3) is 5.16. The molecule has 0 unspecified atom stereocenters. The first-order chi connectivity index (χ1) is 13.9. The van der Waals surface area contributed by atoms with E-state index in [-0.39, 0.29) is 36.7 Å². The van der Waals surface area contributed by atoms with Gasteiger partial charge in [0.2, 0.25) is 0 Å². The number of ether oxygens (including phenoxy) is 2. The average molecular weight is 404 g/mol. The van der Waals surface area contributed by atoms with Gasteiger partial charge in [0, 0.05) is 18.9 Å². The van der Waals surface area contributed by atoms with E-state index in [9.17, 15) is 14.0 Å². The van der Waals surface area contributed by atoms with Gasteiger partial charge in [0.1, 0.15) is 5.82 Å². The first-order valence-corrected chi connectivity index (χ1v) is 9.16. The fourth-order valence-corrected chi connectivity index (χ4v) is 2.60. The number of hydrogen-bond donors (Lipinski definition) is 0. The Bertz CT molecular complexity index is 881. The van der Waals surface area contributed by atoms with Crippen LogP contribution in [0.1, 0.15) is 20.8 Å². The smallest absolute Gasteiger partial charge is 0.347 e. The Balaban J connectivity index is 2.56. The molecule has 0 radical (unpaired) electrons. The molecule has 0 aliphatic carbocycles. The third-order valence-electron chi connectivity index (χ3n) is 3.92. The molecule has 2 aromatic rings. The maximum absolute atomic E-state index is 15.2. The molecule has 6 nitrogen and oxygen atoms in total. The van der Waals surface area contributed by atoms with Crippen LogP contribution in [0.2, 0.25) is 0 Å². The number of carbonyl (C=O) groups excluding carboxylic acids is 2. The summed E-state index contributed by atoms with van der Waals surface area (Å²) in [5.41, 5.74) is -0.594. The van der Waals surface area contributed by atoms with E-state index in [1.165, 1.54) is 23.2 Å². The Kier molecular flexibility index (Phi) is 7.82. The summed E-state index contributed by atoms with van der Waals surface area (Å²) >= 11 is 0. The predicted octanol–water partition coefficient (Wildman–Crippen LogP) is 3.86. The van der Waals surface area contributed by atoms with Crippen LogP contribution in [0.4, 0.5) is 14.5 Å². The summed E-state index contributed by atoms with van der Waals surface area (Å²) < 4.78 is 39.4. The fourth-order valence-electron chi connectivity index (χ4n) is 2.60. The van der Waals surface area contributed by atoms with E-state index in [1.807, 2.05) is 0 Å². The van der Waals surface area contributed by atoms with Gasteiger partial charge >= 0.3 is 11.9 Å². The minimum Gasteiger partial charge on any atom is -0.462 e. The summed E-state index contributed by atoms with van der Waals surface area (Å²) in [6.45, 7) is 5.17. The zero-order valence-electron chi connectivity index (χ0n) is 16.4. The van der Waals surface area contributed by atoms with Gasteiger partial charge in [-0.3, -0.25) is 4.98 Å². The lowest BCUT2D eigenvalue weighted by Crippen LogP contribution is -2.25. The van der Waals surface area contributed by atoms with Gasteiger partial charge in [-0.2, -0.15) is 0 Å². The first kappa shape index (κ1) is 22.0. The number of aromatic nitrogens is 1. The van der Waals surface area contributed by atoms with E-state index in [1.54, 1.807) is 32.9 Å². The summed E-state index contributed by atoms with van der Waals surface area (Å²) in [6, 6.07) is 7.07. The Labute approximate surface area is 167 Å². The van der Waals surface area contributed by atoms with Crippen molar-refractivity contribution in [1.29, 1.82) is 0 Å². The fraction of sp³-hybridized carbons (Fsp3) is 0.286. The highest BCUT2D eigenvalue weighted by atomic mass is 19.1. The number of nitrogens with zero attached hydrogens (tertiary/aromatic N) is 2. The summed E-state index contributed by atoms with van der Waals surface area (Å²) in [5.74, 6) is -3.43. The quantitative estimate of drug-likeness (QED) is 0.288. The molecular weight excluding hydrogens is 382 g/mol. The van der Waals surface area contributed by atoms with E-state index in [0.29, 0.717) is 0 Å². The molecule has 1 aromatic carbocycles. The third-order valence-corrected chi connectivity index (χ3v) is 3.92. The molecule has 0 N–H and O–H groups in total. The second-order valence-electron chi connectivity index (χ2n) is 5.74. The van der Waals surface area contributed by atoms with E-state index in [0.717, 1.165) is 12.3 Å². The summed E-state index contributed by atoms with van der Waals surface area (Å²) in [6.07, 6.45) is 2.58. The highest BCUT2D eigenvalue weighted by Crippen LogP contribution is 2.31. The van der Waals surface area contributed by atoms with Gasteiger partial charge in [-0.1, -0.05) is 6.07 Å². The number of pyridine rings is 1. The van der Waals surface area contributed by atoms with E-state index < -0.39 is 29.1 Å². The molecule has 0 aliphatic rings. The zero-order chi connectivity index (χ0) is 21.4. The van der Waals surface area contributed by atoms with Gasteiger partial charge in [0.25, 0.3) is 0 Å². The molecule has 0 atom stereocenters. The summed E-state index contributed by atoms with van der Waals surface area (Å²) in [7, 11) is 0. The van der Waals surface area contributed by atoms with Crippen molar-refractivity contribution >= 4 is 17.6 Å². The van der Waals surface area contributed by atoms with E-state index in [4.69, 9.17) is 9.47 Å². The Morgan fingerprint density at radius 3 is 2.21 bits per heavy atom. The monoisotopic (exact) mass is 404 g/mol. The van der Waals surface area contributed by atoms with Crippen molar-refractivity contribution in [1.82, 2.24) is 4.98 Å². The lowest BCUT2D eigenvalue weighted by molar-refractivity contribution is -0.146. The van der Waals surface area contributed by atoms with Gasteiger partial charge in [-0.05, 0) is 45.0 Å². The maximum atomic E-state index is 15.2. The minimum absolute atomic E-state index is 0.0272. The molecule has 0 fully saturated rings.